The molecule has 3 heterocycles. The summed E-state index contributed by atoms with van der Waals surface area (Å²) in [6, 6.07) is 11.1. The average Bonchev–Trinajstić information content (AvgIpc) is 3.29. The lowest BCUT2D eigenvalue weighted by Crippen LogP contribution is -2.49. The zero-order valence-electron chi connectivity index (χ0n) is 17.1. The molecule has 9 heteroatoms. The molecule has 0 spiro atoms. The number of benzene rings is 1. The number of piperazine rings is 1. The van der Waals surface area contributed by atoms with Crippen molar-refractivity contribution in [2.24, 2.45) is 0 Å². The molecule has 2 aromatic heterocycles. The summed E-state index contributed by atoms with van der Waals surface area (Å²) in [5.41, 5.74) is 0.790. The topological polar surface area (TPSA) is 84.6 Å². The fraction of sp³-hybridized carbons (Fsp3) is 0.364. The molecule has 4 rings (SSSR count). The van der Waals surface area contributed by atoms with Gasteiger partial charge in [0.25, 0.3) is 0 Å². The van der Waals surface area contributed by atoms with E-state index >= 15 is 0 Å². The number of amides is 1. The first-order valence-electron chi connectivity index (χ1n) is 10.3. The molecular weight excluding hydrogens is 418 g/mol. The zero-order valence-corrected chi connectivity index (χ0v) is 17.9. The van der Waals surface area contributed by atoms with Crippen molar-refractivity contribution in [1.82, 2.24) is 24.9 Å². The second-order valence-electron chi connectivity index (χ2n) is 7.25. The van der Waals surface area contributed by atoms with Gasteiger partial charge in [-0.25, -0.2) is 0 Å². The molecule has 1 aliphatic rings. The predicted octanol–water partition coefficient (Wildman–Crippen LogP) is 2.94. The van der Waals surface area contributed by atoms with Crippen molar-refractivity contribution in [2.45, 2.75) is 12.8 Å². The van der Waals surface area contributed by atoms with Crippen LogP contribution in [0.4, 0.5) is 0 Å². The van der Waals surface area contributed by atoms with E-state index in [9.17, 15) is 4.79 Å². The van der Waals surface area contributed by atoms with Crippen molar-refractivity contribution in [2.75, 3.05) is 39.3 Å². The van der Waals surface area contributed by atoms with Crippen molar-refractivity contribution < 1.29 is 14.1 Å². The number of hydrogen-bond acceptors (Lipinski definition) is 7. The molecule has 1 amide bonds. The van der Waals surface area contributed by atoms with Crippen LogP contribution >= 0.6 is 11.6 Å². The van der Waals surface area contributed by atoms with Gasteiger partial charge in [-0.15, -0.1) is 0 Å². The van der Waals surface area contributed by atoms with E-state index in [4.69, 9.17) is 20.9 Å². The summed E-state index contributed by atoms with van der Waals surface area (Å²) in [6.45, 7) is 4.42. The van der Waals surface area contributed by atoms with E-state index in [-0.39, 0.29) is 5.91 Å². The van der Waals surface area contributed by atoms with Crippen molar-refractivity contribution in [1.29, 1.82) is 0 Å². The Bertz CT molecular complexity index is 990. The molecule has 0 saturated carbocycles. The molecule has 3 aromatic rings. The highest BCUT2D eigenvalue weighted by atomic mass is 35.5. The highest BCUT2D eigenvalue weighted by Gasteiger charge is 2.21. The molecule has 0 atom stereocenters. The lowest BCUT2D eigenvalue weighted by Gasteiger charge is -2.34. The molecular formula is C22H24ClN5O3. The largest absolute Gasteiger partial charge is 0.491 e. The molecule has 1 aromatic carbocycles. The highest BCUT2D eigenvalue weighted by molar-refractivity contribution is 6.32. The summed E-state index contributed by atoms with van der Waals surface area (Å²) < 4.78 is 11.0. The molecule has 1 saturated heterocycles. The maximum Gasteiger partial charge on any atom is 0.227 e. The number of aryl methyl sites for hydroxylation is 1. The number of aromatic nitrogens is 3. The summed E-state index contributed by atoms with van der Waals surface area (Å²) in [7, 11) is 0. The minimum absolute atomic E-state index is 0.105. The normalized spacial score (nSPS) is 14.5. The fourth-order valence-corrected chi connectivity index (χ4v) is 3.60. The van der Waals surface area contributed by atoms with Crippen LogP contribution in [0.1, 0.15) is 12.3 Å². The van der Waals surface area contributed by atoms with Gasteiger partial charge in [0.2, 0.25) is 17.6 Å². The maximum absolute atomic E-state index is 12.6. The molecule has 0 unspecified atom stereocenters. The van der Waals surface area contributed by atoms with Gasteiger partial charge in [0.1, 0.15) is 12.4 Å². The molecule has 0 radical (unpaired) electrons. The molecule has 0 N–H and O–H groups in total. The first-order chi connectivity index (χ1) is 15.2. The third kappa shape index (κ3) is 5.80. The van der Waals surface area contributed by atoms with Gasteiger partial charge in [0.05, 0.1) is 5.02 Å². The quantitative estimate of drug-likeness (QED) is 0.531. The molecule has 162 valence electrons. The average molecular weight is 442 g/mol. The van der Waals surface area contributed by atoms with Crippen LogP contribution in [0.3, 0.4) is 0 Å². The van der Waals surface area contributed by atoms with Crippen LogP contribution in [-0.2, 0) is 11.2 Å². The summed E-state index contributed by atoms with van der Waals surface area (Å²) in [6.07, 6.45) is 4.15. The van der Waals surface area contributed by atoms with Gasteiger partial charge in [-0.2, -0.15) is 4.98 Å². The van der Waals surface area contributed by atoms with Crippen molar-refractivity contribution in [3.63, 3.8) is 0 Å². The van der Waals surface area contributed by atoms with Crippen molar-refractivity contribution in [3.8, 4) is 17.1 Å². The van der Waals surface area contributed by atoms with Crippen LogP contribution < -0.4 is 4.74 Å². The van der Waals surface area contributed by atoms with E-state index in [1.54, 1.807) is 12.4 Å². The Balaban J connectivity index is 1.17. The van der Waals surface area contributed by atoms with Gasteiger partial charge in [-0.05, 0) is 24.3 Å². The van der Waals surface area contributed by atoms with Gasteiger partial charge >= 0.3 is 0 Å². The van der Waals surface area contributed by atoms with Gasteiger partial charge < -0.3 is 14.2 Å². The number of ether oxygens (including phenoxy) is 1. The Hall–Kier alpha value is -2.97. The Morgan fingerprint density at radius 1 is 1.13 bits per heavy atom. The minimum atomic E-state index is 0.105. The molecule has 0 bridgehead atoms. The van der Waals surface area contributed by atoms with Gasteiger partial charge in [-0.3, -0.25) is 14.7 Å². The van der Waals surface area contributed by atoms with Crippen LogP contribution in [-0.4, -0.2) is 70.2 Å². The Morgan fingerprint density at radius 2 is 1.97 bits per heavy atom. The standard InChI is InChI=1S/C22H24ClN5O3/c23-18-5-1-2-6-19(18)30-15-14-27-10-12-28(13-11-27)21(29)8-7-20-25-22(26-31-20)17-4-3-9-24-16-17/h1-6,9,16H,7-8,10-15H2. The van der Waals surface area contributed by atoms with Crippen LogP contribution in [0.15, 0.2) is 53.3 Å². The number of pyridine rings is 1. The monoisotopic (exact) mass is 441 g/mol. The molecule has 0 aliphatic carbocycles. The maximum atomic E-state index is 12.6. The number of hydrogen-bond donors (Lipinski definition) is 0. The summed E-state index contributed by atoms with van der Waals surface area (Å²) in [5.74, 6) is 1.75. The molecule has 1 aliphatic heterocycles. The number of halogens is 1. The van der Waals surface area contributed by atoms with Crippen molar-refractivity contribution in [3.05, 3.63) is 59.7 Å². The molecule has 1 fully saturated rings. The van der Waals surface area contributed by atoms with E-state index in [2.05, 4.69) is 20.0 Å². The SMILES string of the molecule is O=C(CCc1nc(-c2cccnc2)no1)N1CCN(CCOc2ccccc2Cl)CC1. The van der Waals surface area contributed by atoms with Crippen LogP contribution in [0.5, 0.6) is 5.75 Å². The van der Waals surface area contributed by atoms with Crippen LogP contribution in [0.2, 0.25) is 5.02 Å². The van der Waals surface area contributed by atoms with E-state index in [1.165, 1.54) is 0 Å². The lowest BCUT2D eigenvalue weighted by atomic mass is 10.2. The van der Waals surface area contributed by atoms with Gasteiger partial charge in [-0.1, -0.05) is 28.9 Å². The van der Waals surface area contributed by atoms with Crippen LogP contribution in [0, 0.1) is 0 Å². The number of carbonyl (C=O) groups is 1. The zero-order chi connectivity index (χ0) is 21.5. The van der Waals surface area contributed by atoms with E-state index in [1.807, 2.05) is 41.3 Å². The summed E-state index contributed by atoms with van der Waals surface area (Å²) in [5, 5.41) is 4.58. The van der Waals surface area contributed by atoms with Crippen LogP contribution in [0.25, 0.3) is 11.4 Å². The molecule has 8 nitrogen and oxygen atoms in total. The Labute approximate surface area is 185 Å². The van der Waals surface area contributed by atoms with E-state index < -0.39 is 0 Å². The van der Waals surface area contributed by atoms with Gasteiger partial charge in [0.15, 0.2) is 0 Å². The second kappa shape index (κ2) is 10.4. The van der Waals surface area contributed by atoms with E-state index in [0.717, 1.165) is 25.2 Å². The number of carbonyl (C=O) groups excluding carboxylic acids is 1. The highest BCUT2D eigenvalue weighted by Crippen LogP contribution is 2.23. The smallest absolute Gasteiger partial charge is 0.227 e. The summed E-state index contributed by atoms with van der Waals surface area (Å²) in [4.78, 5) is 25.1. The third-order valence-electron chi connectivity index (χ3n) is 5.17. The predicted molar refractivity (Wildman–Crippen MR) is 116 cm³/mol. The fourth-order valence-electron chi connectivity index (χ4n) is 3.41. The Kier molecular flexibility index (Phi) is 7.11. The second-order valence-corrected chi connectivity index (χ2v) is 7.66. The van der Waals surface area contributed by atoms with E-state index in [0.29, 0.717) is 55.0 Å². The molecule has 31 heavy (non-hydrogen) atoms. The first kappa shape index (κ1) is 21.3. The first-order valence-corrected chi connectivity index (χ1v) is 10.7. The number of para-hydroxylation sites is 1. The lowest BCUT2D eigenvalue weighted by molar-refractivity contribution is -0.133. The number of rotatable bonds is 8. The van der Waals surface area contributed by atoms with Crippen molar-refractivity contribution >= 4 is 17.5 Å². The minimum Gasteiger partial charge on any atom is -0.491 e. The Morgan fingerprint density at radius 3 is 2.74 bits per heavy atom. The number of nitrogens with zero attached hydrogens (tertiary/aromatic N) is 5. The summed E-state index contributed by atoms with van der Waals surface area (Å²) >= 11 is 6.11. The third-order valence-corrected chi connectivity index (χ3v) is 5.48. The van der Waals surface area contributed by atoms with Gasteiger partial charge in [0, 0.05) is 63.5 Å².